The Bertz CT molecular complexity index is 954. The lowest BCUT2D eigenvalue weighted by Gasteiger charge is -2.13. The largest absolute Gasteiger partial charge is 0.493 e. The third kappa shape index (κ3) is 5.49. The molecule has 3 aromatic carbocycles. The molecule has 0 radical (unpaired) electrons. The average molecular weight is 506 g/mol. The van der Waals surface area contributed by atoms with E-state index in [4.69, 9.17) is 21.1 Å². The van der Waals surface area contributed by atoms with Gasteiger partial charge >= 0.3 is 0 Å². The molecule has 144 valence electrons. The Hall–Kier alpha value is -2.05. The maximum absolute atomic E-state index is 6.01. The van der Waals surface area contributed by atoms with Crippen LogP contribution < -0.4 is 9.47 Å². The molecule has 0 aliphatic heterocycles. The van der Waals surface area contributed by atoms with Gasteiger partial charge in [-0.25, -0.2) is 0 Å². The number of hydrogen-bond donors (Lipinski definition) is 0. The summed E-state index contributed by atoms with van der Waals surface area (Å²) in [5.74, 6) is 1.41. The summed E-state index contributed by atoms with van der Waals surface area (Å²) in [6.45, 7) is 2.59. The molecule has 0 atom stereocenters. The molecule has 0 N–H and O–H groups in total. The first-order valence-corrected chi connectivity index (χ1v) is 10.4. The highest BCUT2D eigenvalue weighted by molar-refractivity contribution is 14.1. The van der Waals surface area contributed by atoms with Crippen molar-refractivity contribution in [2.75, 3.05) is 7.11 Å². The lowest BCUT2D eigenvalue weighted by molar-refractivity contribution is 0.282. The van der Waals surface area contributed by atoms with E-state index in [1.807, 2.05) is 54.7 Å². The fraction of sp³-hybridized carbons (Fsp3) is 0.174. The smallest absolute Gasteiger partial charge is 0.174 e. The molecule has 0 spiro atoms. The normalized spacial score (nSPS) is 11.0. The zero-order valence-electron chi connectivity index (χ0n) is 15.8. The minimum absolute atomic E-state index is 0.445. The van der Waals surface area contributed by atoms with Gasteiger partial charge in [0.25, 0.3) is 0 Å². The van der Waals surface area contributed by atoms with E-state index in [1.54, 1.807) is 7.11 Å². The highest BCUT2D eigenvalue weighted by Gasteiger charge is 2.11. The van der Waals surface area contributed by atoms with Gasteiger partial charge in [-0.3, -0.25) is 4.99 Å². The SMILES string of the molecule is CCc1ccc(N=Cc2cc(I)c(OCc3ccc(Cl)cc3)c(OC)c2)cc1. The molecular weight excluding hydrogens is 485 g/mol. The van der Waals surface area contributed by atoms with E-state index in [-0.39, 0.29) is 0 Å². The van der Waals surface area contributed by atoms with Crippen LogP contribution in [0.15, 0.2) is 65.7 Å². The lowest BCUT2D eigenvalue weighted by atomic mass is 10.1. The Morgan fingerprint density at radius 1 is 1.00 bits per heavy atom. The standard InChI is InChI=1S/C23H21ClINO2/c1-3-16-6-10-20(11-7-16)26-14-18-12-21(25)23(22(13-18)27-2)28-15-17-4-8-19(24)9-5-17/h4-14H,3,15H2,1-2H3. The summed E-state index contributed by atoms with van der Waals surface area (Å²) in [6, 6.07) is 19.8. The van der Waals surface area contributed by atoms with E-state index in [0.29, 0.717) is 17.4 Å². The van der Waals surface area contributed by atoms with Gasteiger partial charge < -0.3 is 9.47 Å². The predicted octanol–water partition coefficient (Wildman–Crippen LogP) is 6.85. The number of hydrogen-bond acceptors (Lipinski definition) is 3. The highest BCUT2D eigenvalue weighted by atomic mass is 127. The van der Waals surface area contributed by atoms with Gasteiger partial charge in [0, 0.05) is 11.2 Å². The number of ether oxygens (including phenoxy) is 2. The van der Waals surface area contributed by atoms with Crippen molar-refractivity contribution in [3.8, 4) is 11.5 Å². The second-order valence-corrected chi connectivity index (χ2v) is 7.83. The molecule has 0 aliphatic rings. The number of rotatable bonds is 7. The molecule has 0 saturated heterocycles. The Kier molecular flexibility index (Phi) is 7.34. The van der Waals surface area contributed by atoms with Crippen LogP contribution >= 0.6 is 34.2 Å². The van der Waals surface area contributed by atoms with Gasteiger partial charge in [-0.15, -0.1) is 0 Å². The summed E-state index contributed by atoms with van der Waals surface area (Å²) in [6.07, 6.45) is 2.87. The molecule has 3 nitrogen and oxygen atoms in total. The molecule has 0 saturated carbocycles. The summed E-state index contributed by atoms with van der Waals surface area (Å²) < 4.78 is 12.5. The average Bonchev–Trinajstić information content (AvgIpc) is 2.72. The second kappa shape index (κ2) is 9.94. The zero-order chi connectivity index (χ0) is 19.9. The predicted molar refractivity (Wildman–Crippen MR) is 125 cm³/mol. The lowest BCUT2D eigenvalue weighted by Crippen LogP contribution is -2.00. The van der Waals surface area contributed by atoms with Gasteiger partial charge in [0.15, 0.2) is 11.5 Å². The minimum Gasteiger partial charge on any atom is -0.493 e. The van der Waals surface area contributed by atoms with Crippen LogP contribution in [0.3, 0.4) is 0 Å². The summed E-state index contributed by atoms with van der Waals surface area (Å²) in [5.41, 5.74) is 4.23. The van der Waals surface area contributed by atoms with Crippen molar-refractivity contribution in [1.82, 2.24) is 0 Å². The molecule has 0 heterocycles. The molecule has 0 fully saturated rings. The molecule has 0 bridgehead atoms. The molecule has 28 heavy (non-hydrogen) atoms. The van der Waals surface area contributed by atoms with Crippen molar-refractivity contribution >= 4 is 46.1 Å². The third-order valence-electron chi connectivity index (χ3n) is 4.26. The maximum Gasteiger partial charge on any atom is 0.174 e. The van der Waals surface area contributed by atoms with Crippen LogP contribution in [0.25, 0.3) is 0 Å². The summed E-state index contributed by atoms with van der Waals surface area (Å²) in [4.78, 5) is 4.56. The molecular formula is C23H21ClINO2. The molecule has 3 rings (SSSR count). The zero-order valence-corrected chi connectivity index (χ0v) is 18.7. The Balaban J connectivity index is 1.76. The van der Waals surface area contributed by atoms with Crippen LogP contribution in [0.4, 0.5) is 5.69 Å². The topological polar surface area (TPSA) is 30.8 Å². The minimum atomic E-state index is 0.445. The van der Waals surface area contributed by atoms with Crippen molar-refractivity contribution in [2.24, 2.45) is 4.99 Å². The summed E-state index contributed by atoms with van der Waals surface area (Å²) >= 11 is 8.19. The molecule has 0 aliphatic carbocycles. The van der Waals surface area contributed by atoms with E-state index in [0.717, 1.165) is 32.6 Å². The molecule has 0 aromatic heterocycles. The van der Waals surface area contributed by atoms with Crippen LogP contribution in [-0.2, 0) is 13.0 Å². The van der Waals surface area contributed by atoms with Gasteiger partial charge in [-0.2, -0.15) is 0 Å². The summed E-state index contributed by atoms with van der Waals surface area (Å²) in [7, 11) is 1.64. The third-order valence-corrected chi connectivity index (χ3v) is 5.31. The fourth-order valence-electron chi connectivity index (χ4n) is 2.66. The number of halogens is 2. The first kappa shape index (κ1) is 20.7. The van der Waals surface area contributed by atoms with E-state index < -0.39 is 0 Å². The Morgan fingerprint density at radius 2 is 1.68 bits per heavy atom. The highest BCUT2D eigenvalue weighted by Crippen LogP contribution is 2.34. The maximum atomic E-state index is 6.01. The van der Waals surface area contributed by atoms with E-state index >= 15 is 0 Å². The fourth-order valence-corrected chi connectivity index (χ4v) is 3.56. The first-order valence-electron chi connectivity index (χ1n) is 8.97. The van der Waals surface area contributed by atoms with Crippen LogP contribution in [0, 0.1) is 3.57 Å². The van der Waals surface area contributed by atoms with E-state index in [1.165, 1.54) is 5.56 Å². The summed E-state index contributed by atoms with van der Waals surface area (Å²) in [5, 5.41) is 0.712. The molecule has 0 amide bonds. The van der Waals surface area contributed by atoms with Crippen LogP contribution in [0.2, 0.25) is 5.02 Å². The number of nitrogens with zero attached hydrogens (tertiary/aromatic N) is 1. The van der Waals surface area contributed by atoms with Crippen molar-refractivity contribution in [2.45, 2.75) is 20.0 Å². The van der Waals surface area contributed by atoms with E-state index in [9.17, 15) is 0 Å². The van der Waals surface area contributed by atoms with Gasteiger partial charge in [-0.05, 0) is 82.1 Å². The van der Waals surface area contributed by atoms with Crippen molar-refractivity contribution in [3.63, 3.8) is 0 Å². The van der Waals surface area contributed by atoms with Crippen molar-refractivity contribution in [3.05, 3.63) is 85.9 Å². The number of aliphatic imine (C=N–C) groups is 1. The van der Waals surface area contributed by atoms with Gasteiger partial charge in [0.05, 0.1) is 16.4 Å². The number of aryl methyl sites for hydroxylation is 1. The van der Waals surface area contributed by atoms with Gasteiger partial charge in [0.2, 0.25) is 0 Å². The molecule has 3 aromatic rings. The first-order chi connectivity index (χ1) is 13.6. The Labute approximate surface area is 184 Å². The Morgan fingerprint density at radius 3 is 2.32 bits per heavy atom. The number of methoxy groups -OCH3 is 1. The quantitative estimate of drug-likeness (QED) is 0.260. The molecule has 5 heteroatoms. The van der Waals surface area contributed by atoms with Crippen LogP contribution in [-0.4, -0.2) is 13.3 Å². The van der Waals surface area contributed by atoms with Crippen LogP contribution in [0.5, 0.6) is 11.5 Å². The van der Waals surface area contributed by atoms with Crippen LogP contribution in [0.1, 0.15) is 23.6 Å². The van der Waals surface area contributed by atoms with E-state index in [2.05, 4.69) is 46.6 Å². The monoisotopic (exact) mass is 505 g/mol. The second-order valence-electron chi connectivity index (χ2n) is 6.23. The van der Waals surface area contributed by atoms with Gasteiger partial charge in [-0.1, -0.05) is 42.8 Å². The van der Waals surface area contributed by atoms with Crippen molar-refractivity contribution < 1.29 is 9.47 Å². The molecule has 0 unspecified atom stereocenters. The number of benzene rings is 3. The van der Waals surface area contributed by atoms with Gasteiger partial charge in [0.1, 0.15) is 6.61 Å². The van der Waals surface area contributed by atoms with Crippen molar-refractivity contribution in [1.29, 1.82) is 0 Å².